The van der Waals surface area contributed by atoms with E-state index in [9.17, 15) is 9.59 Å². The summed E-state index contributed by atoms with van der Waals surface area (Å²) in [6, 6.07) is 16.9. The van der Waals surface area contributed by atoms with Gasteiger partial charge in [-0.15, -0.1) is 0 Å². The van der Waals surface area contributed by atoms with Crippen LogP contribution < -0.4 is 23.7 Å². The van der Waals surface area contributed by atoms with Crippen LogP contribution >= 0.6 is 0 Å². The number of rotatable bonds is 9. The largest absolute Gasteiger partial charge is 0.493 e. The molecule has 0 N–H and O–H groups in total. The fourth-order valence-electron chi connectivity index (χ4n) is 4.88. The molecule has 41 heavy (non-hydrogen) atoms. The second kappa shape index (κ2) is 13.1. The molecule has 1 fully saturated rings. The number of amides is 2. The van der Waals surface area contributed by atoms with Gasteiger partial charge >= 0.3 is 0 Å². The quantitative estimate of drug-likeness (QED) is 0.357. The van der Waals surface area contributed by atoms with Crippen LogP contribution in [0.25, 0.3) is 5.57 Å². The third kappa shape index (κ3) is 6.40. The van der Waals surface area contributed by atoms with Gasteiger partial charge in [-0.1, -0.05) is 35.9 Å². The molecule has 1 saturated heterocycles. The maximum absolute atomic E-state index is 13.5. The van der Waals surface area contributed by atoms with Crippen molar-refractivity contribution in [2.75, 3.05) is 61.7 Å². The normalized spacial score (nSPS) is 13.5. The summed E-state index contributed by atoms with van der Waals surface area (Å²) in [6.07, 6.45) is 1.66. The Hall–Kier alpha value is -4.66. The predicted molar refractivity (Wildman–Crippen MR) is 156 cm³/mol. The highest BCUT2D eigenvalue weighted by Crippen LogP contribution is 2.38. The van der Waals surface area contributed by atoms with E-state index < -0.39 is 0 Å². The first-order chi connectivity index (χ1) is 19.8. The lowest BCUT2D eigenvalue weighted by Crippen LogP contribution is -2.50. The van der Waals surface area contributed by atoms with Crippen molar-refractivity contribution in [3.05, 3.63) is 82.9 Å². The Labute approximate surface area is 240 Å². The zero-order valence-electron chi connectivity index (χ0n) is 24.4. The maximum Gasteiger partial charge on any atom is 0.254 e. The summed E-state index contributed by atoms with van der Waals surface area (Å²) in [6.45, 7) is 3.61. The minimum absolute atomic E-state index is 0.129. The molecule has 3 aromatic carbocycles. The zero-order chi connectivity index (χ0) is 29.5. The van der Waals surface area contributed by atoms with E-state index in [1.54, 1.807) is 42.2 Å². The lowest BCUT2D eigenvalue weighted by atomic mass is 9.95. The molecule has 4 rings (SSSR count). The Kier molecular flexibility index (Phi) is 9.39. The second-order valence-corrected chi connectivity index (χ2v) is 9.53. The van der Waals surface area contributed by atoms with Crippen molar-refractivity contribution >= 4 is 17.4 Å². The van der Waals surface area contributed by atoms with Crippen LogP contribution in [-0.4, -0.2) is 83.3 Å². The Morgan fingerprint density at radius 3 is 1.76 bits per heavy atom. The van der Waals surface area contributed by atoms with Gasteiger partial charge < -0.3 is 33.5 Å². The molecule has 0 spiro atoms. The minimum Gasteiger partial charge on any atom is -0.493 e. The van der Waals surface area contributed by atoms with Gasteiger partial charge in [0.1, 0.15) is 0 Å². The van der Waals surface area contributed by atoms with E-state index in [2.05, 4.69) is 0 Å². The lowest BCUT2D eigenvalue weighted by Gasteiger charge is -2.34. The molecule has 1 aliphatic heterocycles. The van der Waals surface area contributed by atoms with Crippen molar-refractivity contribution < 1.29 is 33.3 Å². The van der Waals surface area contributed by atoms with Crippen LogP contribution in [-0.2, 0) is 4.79 Å². The van der Waals surface area contributed by atoms with E-state index in [-0.39, 0.29) is 11.8 Å². The van der Waals surface area contributed by atoms with E-state index >= 15 is 0 Å². The van der Waals surface area contributed by atoms with Gasteiger partial charge in [0.25, 0.3) is 5.91 Å². The third-order valence-corrected chi connectivity index (χ3v) is 7.08. The summed E-state index contributed by atoms with van der Waals surface area (Å²) < 4.78 is 27.1. The molecule has 9 nitrogen and oxygen atoms in total. The number of aryl methyl sites for hydroxylation is 1. The number of piperazine rings is 1. The zero-order valence-corrected chi connectivity index (χ0v) is 24.4. The standard InChI is InChI=1S/C32H36N2O7/c1-21-8-7-9-22(16-21)25(23-10-11-26(37-2)27(17-23)38-3)20-30(35)33-12-14-34(15-13-33)32(36)24-18-28(39-4)31(41-6)29(19-24)40-5/h7-11,16-20H,12-15H2,1-6H3. The van der Waals surface area contributed by atoms with Crippen molar-refractivity contribution in [2.45, 2.75) is 6.92 Å². The molecule has 216 valence electrons. The maximum atomic E-state index is 13.5. The molecule has 0 unspecified atom stereocenters. The smallest absolute Gasteiger partial charge is 0.254 e. The van der Waals surface area contributed by atoms with E-state index in [1.165, 1.54) is 21.3 Å². The summed E-state index contributed by atoms with van der Waals surface area (Å²) >= 11 is 0. The molecule has 0 aromatic heterocycles. The van der Waals surface area contributed by atoms with E-state index in [1.807, 2.05) is 49.4 Å². The SMILES string of the molecule is COc1ccc(C(=CC(=O)N2CCN(C(=O)c3cc(OC)c(OC)c(OC)c3)CC2)c2cccc(C)c2)cc1OC. The average molecular weight is 561 g/mol. The van der Waals surface area contributed by atoms with Crippen LogP contribution in [0.5, 0.6) is 28.7 Å². The fraction of sp³-hybridized carbons (Fsp3) is 0.312. The Morgan fingerprint density at radius 2 is 1.20 bits per heavy atom. The Balaban J connectivity index is 1.55. The first kappa shape index (κ1) is 29.3. The molecular formula is C32H36N2O7. The van der Waals surface area contributed by atoms with Crippen molar-refractivity contribution in [1.29, 1.82) is 0 Å². The average Bonchev–Trinajstić information content (AvgIpc) is 3.02. The molecule has 0 radical (unpaired) electrons. The van der Waals surface area contributed by atoms with Crippen LogP contribution in [0.1, 0.15) is 27.0 Å². The molecule has 2 amide bonds. The number of methoxy groups -OCH3 is 5. The first-order valence-electron chi connectivity index (χ1n) is 13.2. The number of benzene rings is 3. The molecule has 0 atom stereocenters. The van der Waals surface area contributed by atoms with Crippen LogP contribution in [0.4, 0.5) is 0 Å². The van der Waals surface area contributed by atoms with Crippen molar-refractivity contribution in [3.8, 4) is 28.7 Å². The van der Waals surface area contributed by atoms with Gasteiger partial charge in [0.15, 0.2) is 23.0 Å². The van der Waals surface area contributed by atoms with Crippen LogP contribution in [0, 0.1) is 6.92 Å². The topological polar surface area (TPSA) is 86.8 Å². The Morgan fingerprint density at radius 1 is 0.634 bits per heavy atom. The third-order valence-electron chi connectivity index (χ3n) is 7.08. The Bertz CT molecular complexity index is 1420. The van der Waals surface area contributed by atoms with Crippen LogP contribution in [0.15, 0.2) is 60.7 Å². The van der Waals surface area contributed by atoms with Crippen LogP contribution in [0.3, 0.4) is 0 Å². The highest BCUT2D eigenvalue weighted by Gasteiger charge is 2.26. The molecule has 3 aromatic rings. The van der Waals surface area contributed by atoms with E-state index in [0.717, 1.165) is 22.3 Å². The van der Waals surface area contributed by atoms with Gasteiger partial charge in [-0.05, 0) is 47.9 Å². The van der Waals surface area contributed by atoms with E-state index in [4.69, 9.17) is 23.7 Å². The number of carbonyl (C=O) groups excluding carboxylic acids is 2. The van der Waals surface area contributed by atoms with Gasteiger partial charge in [-0.2, -0.15) is 0 Å². The molecule has 0 saturated carbocycles. The molecular weight excluding hydrogens is 524 g/mol. The number of nitrogens with zero attached hydrogens (tertiary/aromatic N) is 2. The van der Waals surface area contributed by atoms with E-state index in [0.29, 0.717) is 60.5 Å². The molecule has 1 heterocycles. The van der Waals surface area contributed by atoms with Crippen LogP contribution in [0.2, 0.25) is 0 Å². The van der Waals surface area contributed by atoms with Crippen molar-refractivity contribution in [2.24, 2.45) is 0 Å². The summed E-state index contributed by atoms with van der Waals surface area (Å²) in [5, 5.41) is 0. The van der Waals surface area contributed by atoms with Crippen molar-refractivity contribution in [3.63, 3.8) is 0 Å². The monoisotopic (exact) mass is 560 g/mol. The summed E-state index contributed by atoms with van der Waals surface area (Å²) in [5.74, 6) is 2.14. The van der Waals surface area contributed by atoms with Gasteiger partial charge in [0.2, 0.25) is 11.7 Å². The lowest BCUT2D eigenvalue weighted by molar-refractivity contribution is -0.127. The summed E-state index contributed by atoms with van der Waals surface area (Å²) in [7, 11) is 7.71. The van der Waals surface area contributed by atoms with Gasteiger partial charge in [0.05, 0.1) is 35.5 Å². The van der Waals surface area contributed by atoms with Gasteiger partial charge in [-0.3, -0.25) is 9.59 Å². The molecule has 9 heteroatoms. The number of hydrogen-bond acceptors (Lipinski definition) is 7. The predicted octanol–water partition coefficient (Wildman–Crippen LogP) is 4.45. The summed E-state index contributed by atoms with van der Waals surface area (Å²) in [4.78, 5) is 30.4. The first-order valence-corrected chi connectivity index (χ1v) is 13.2. The molecule has 1 aliphatic rings. The molecule has 0 bridgehead atoms. The summed E-state index contributed by atoms with van der Waals surface area (Å²) in [5.41, 5.74) is 4.03. The number of carbonyl (C=O) groups is 2. The van der Waals surface area contributed by atoms with Crippen molar-refractivity contribution in [1.82, 2.24) is 9.80 Å². The highest BCUT2D eigenvalue weighted by molar-refractivity contribution is 6.00. The highest BCUT2D eigenvalue weighted by atomic mass is 16.5. The number of ether oxygens (including phenoxy) is 5. The van der Waals surface area contributed by atoms with Gasteiger partial charge in [0, 0.05) is 37.8 Å². The minimum atomic E-state index is -0.169. The second-order valence-electron chi connectivity index (χ2n) is 9.53. The molecule has 0 aliphatic carbocycles. The van der Waals surface area contributed by atoms with Gasteiger partial charge in [-0.25, -0.2) is 0 Å². The number of hydrogen-bond donors (Lipinski definition) is 0. The fourth-order valence-corrected chi connectivity index (χ4v) is 4.88.